The average Bonchev–Trinajstić information content (AvgIpc) is 2.92. The van der Waals surface area contributed by atoms with Crippen molar-refractivity contribution in [3.05, 3.63) is 45.9 Å². The van der Waals surface area contributed by atoms with Gasteiger partial charge in [0.05, 0.1) is 17.0 Å². The number of hydrogen-bond acceptors (Lipinski definition) is 5. The third kappa shape index (κ3) is 3.49. The Labute approximate surface area is 128 Å². The highest BCUT2D eigenvalue weighted by molar-refractivity contribution is 7.89. The Morgan fingerprint density at radius 1 is 1.38 bits per heavy atom. The first-order chi connectivity index (χ1) is 9.76. The van der Waals surface area contributed by atoms with E-state index in [9.17, 15) is 13.5 Å². The topological polar surface area (TPSA) is 79.3 Å². The molecular weight excluding hydrogens is 308 g/mol. The van der Waals surface area contributed by atoms with Crippen LogP contribution in [0.15, 0.2) is 34.7 Å². The number of aliphatic hydroxyl groups is 1. The summed E-state index contributed by atoms with van der Waals surface area (Å²) in [6.07, 6.45) is 1.64. The number of thiazole rings is 1. The number of aryl methyl sites for hydroxylation is 1. The number of rotatable bonds is 5. The van der Waals surface area contributed by atoms with Crippen molar-refractivity contribution in [1.29, 1.82) is 0 Å². The van der Waals surface area contributed by atoms with E-state index in [0.29, 0.717) is 10.6 Å². The fourth-order valence-corrected chi connectivity index (χ4v) is 4.17. The van der Waals surface area contributed by atoms with Crippen molar-refractivity contribution in [1.82, 2.24) is 9.71 Å². The second-order valence-electron chi connectivity index (χ2n) is 5.31. The van der Waals surface area contributed by atoms with E-state index in [2.05, 4.69) is 9.71 Å². The SMILES string of the molecule is Cc1ccc(S(=O)(=O)NC(C)(C)c2nccs2)cc1CO. The predicted molar refractivity (Wildman–Crippen MR) is 82.6 cm³/mol. The minimum atomic E-state index is -3.69. The summed E-state index contributed by atoms with van der Waals surface area (Å²) in [5.41, 5.74) is 0.664. The van der Waals surface area contributed by atoms with E-state index < -0.39 is 15.6 Å². The number of hydrogen-bond donors (Lipinski definition) is 2. The number of benzene rings is 1. The van der Waals surface area contributed by atoms with Crippen molar-refractivity contribution in [2.45, 2.75) is 37.8 Å². The highest BCUT2D eigenvalue weighted by Gasteiger charge is 2.30. The lowest BCUT2D eigenvalue weighted by Gasteiger charge is -2.23. The van der Waals surface area contributed by atoms with Gasteiger partial charge in [-0.25, -0.2) is 13.4 Å². The number of aromatic nitrogens is 1. The molecule has 0 aliphatic carbocycles. The van der Waals surface area contributed by atoms with Gasteiger partial charge in [0.1, 0.15) is 5.01 Å². The van der Waals surface area contributed by atoms with Crippen LogP contribution in [0.1, 0.15) is 30.0 Å². The number of aliphatic hydroxyl groups excluding tert-OH is 1. The first-order valence-corrected chi connectivity index (χ1v) is 8.77. The van der Waals surface area contributed by atoms with Crippen LogP contribution in [-0.4, -0.2) is 18.5 Å². The molecule has 0 spiro atoms. The van der Waals surface area contributed by atoms with E-state index in [1.54, 1.807) is 31.5 Å². The van der Waals surface area contributed by atoms with Crippen molar-refractivity contribution in [3.8, 4) is 0 Å². The first-order valence-electron chi connectivity index (χ1n) is 6.40. The number of nitrogens with one attached hydrogen (secondary N) is 1. The zero-order chi connectivity index (χ0) is 15.7. The maximum atomic E-state index is 12.5. The minimum absolute atomic E-state index is 0.141. The van der Waals surface area contributed by atoms with Gasteiger partial charge in [-0.05, 0) is 44.0 Å². The number of nitrogens with zero attached hydrogens (tertiary/aromatic N) is 1. The van der Waals surface area contributed by atoms with Crippen molar-refractivity contribution in [2.24, 2.45) is 0 Å². The Morgan fingerprint density at radius 2 is 2.10 bits per heavy atom. The Hall–Kier alpha value is -1.28. The molecule has 0 amide bonds. The van der Waals surface area contributed by atoms with Gasteiger partial charge in [-0.3, -0.25) is 0 Å². The second kappa shape index (κ2) is 5.84. The monoisotopic (exact) mass is 326 g/mol. The Kier molecular flexibility index (Phi) is 4.48. The maximum absolute atomic E-state index is 12.5. The van der Waals surface area contributed by atoms with Crippen molar-refractivity contribution >= 4 is 21.4 Å². The van der Waals surface area contributed by atoms with Crippen LogP contribution in [-0.2, 0) is 22.2 Å². The van der Waals surface area contributed by atoms with Gasteiger partial charge in [0, 0.05) is 11.6 Å². The zero-order valence-electron chi connectivity index (χ0n) is 12.1. The molecule has 1 aromatic carbocycles. The van der Waals surface area contributed by atoms with Crippen LogP contribution in [0.3, 0.4) is 0 Å². The Morgan fingerprint density at radius 3 is 2.67 bits per heavy atom. The molecule has 2 rings (SSSR count). The first kappa shape index (κ1) is 16.1. The van der Waals surface area contributed by atoms with Gasteiger partial charge in [0.2, 0.25) is 10.0 Å². The van der Waals surface area contributed by atoms with Crippen LogP contribution in [0.25, 0.3) is 0 Å². The molecule has 0 radical (unpaired) electrons. The Bertz CT molecular complexity index is 723. The molecule has 0 aliphatic rings. The van der Waals surface area contributed by atoms with Crippen LogP contribution < -0.4 is 4.72 Å². The van der Waals surface area contributed by atoms with E-state index in [0.717, 1.165) is 5.56 Å². The third-order valence-electron chi connectivity index (χ3n) is 3.16. The molecule has 2 aromatic rings. The molecule has 0 unspecified atom stereocenters. The van der Waals surface area contributed by atoms with Crippen LogP contribution in [0.5, 0.6) is 0 Å². The molecule has 0 fully saturated rings. The van der Waals surface area contributed by atoms with Crippen LogP contribution in [0, 0.1) is 6.92 Å². The van der Waals surface area contributed by atoms with Crippen LogP contribution in [0.4, 0.5) is 0 Å². The van der Waals surface area contributed by atoms with Crippen molar-refractivity contribution in [3.63, 3.8) is 0 Å². The second-order valence-corrected chi connectivity index (χ2v) is 7.89. The largest absolute Gasteiger partial charge is 0.392 e. The smallest absolute Gasteiger partial charge is 0.241 e. The normalized spacial score (nSPS) is 12.6. The van der Waals surface area contributed by atoms with E-state index in [4.69, 9.17) is 0 Å². The molecule has 1 heterocycles. The van der Waals surface area contributed by atoms with Gasteiger partial charge in [0.25, 0.3) is 0 Å². The lowest BCUT2D eigenvalue weighted by Crippen LogP contribution is -2.40. The summed E-state index contributed by atoms with van der Waals surface area (Å²) >= 11 is 1.40. The Balaban J connectivity index is 2.35. The van der Waals surface area contributed by atoms with E-state index in [-0.39, 0.29) is 11.5 Å². The van der Waals surface area contributed by atoms with Gasteiger partial charge in [-0.2, -0.15) is 4.72 Å². The summed E-state index contributed by atoms with van der Waals surface area (Å²) in [6.45, 7) is 5.18. The summed E-state index contributed by atoms with van der Waals surface area (Å²) in [7, 11) is -3.69. The van der Waals surface area contributed by atoms with Crippen LogP contribution >= 0.6 is 11.3 Å². The molecule has 21 heavy (non-hydrogen) atoms. The summed E-state index contributed by atoms with van der Waals surface area (Å²) < 4.78 is 27.7. The molecule has 114 valence electrons. The summed E-state index contributed by atoms with van der Waals surface area (Å²) in [5.74, 6) is 0. The minimum Gasteiger partial charge on any atom is -0.392 e. The molecule has 0 bridgehead atoms. The van der Waals surface area contributed by atoms with E-state index in [1.807, 2.05) is 6.92 Å². The predicted octanol–water partition coefficient (Wildman–Crippen LogP) is 2.16. The summed E-state index contributed by atoms with van der Waals surface area (Å²) in [5, 5.41) is 11.8. The fraction of sp³-hybridized carbons (Fsp3) is 0.357. The molecule has 0 saturated carbocycles. The molecule has 2 N–H and O–H groups in total. The van der Waals surface area contributed by atoms with Gasteiger partial charge in [-0.15, -0.1) is 11.3 Å². The van der Waals surface area contributed by atoms with Gasteiger partial charge < -0.3 is 5.11 Å². The molecular formula is C14H18N2O3S2. The third-order valence-corrected chi connectivity index (χ3v) is 5.91. The van der Waals surface area contributed by atoms with Gasteiger partial charge >= 0.3 is 0 Å². The molecule has 0 atom stereocenters. The summed E-state index contributed by atoms with van der Waals surface area (Å²) in [4.78, 5) is 4.31. The van der Waals surface area contributed by atoms with Gasteiger partial charge in [-0.1, -0.05) is 6.07 Å². The molecule has 1 aromatic heterocycles. The van der Waals surface area contributed by atoms with E-state index in [1.165, 1.54) is 23.5 Å². The molecule has 7 heteroatoms. The maximum Gasteiger partial charge on any atom is 0.241 e. The van der Waals surface area contributed by atoms with E-state index >= 15 is 0 Å². The average molecular weight is 326 g/mol. The van der Waals surface area contributed by atoms with Crippen molar-refractivity contribution < 1.29 is 13.5 Å². The zero-order valence-corrected chi connectivity index (χ0v) is 13.8. The standard InChI is InChI=1S/C14H18N2O3S2/c1-10-4-5-12(8-11(10)9-17)21(18,19)16-14(2,3)13-15-6-7-20-13/h4-8,16-17H,9H2,1-3H3. The molecule has 0 aliphatic heterocycles. The lowest BCUT2D eigenvalue weighted by molar-refractivity contribution is 0.280. The highest BCUT2D eigenvalue weighted by atomic mass is 32.2. The van der Waals surface area contributed by atoms with Crippen molar-refractivity contribution in [2.75, 3.05) is 0 Å². The van der Waals surface area contributed by atoms with Crippen LogP contribution in [0.2, 0.25) is 0 Å². The highest BCUT2D eigenvalue weighted by Crippen LogP contribution is 2.25. The van der Waals surface area contributed by atoms with Gasteiger partial charge in [0.15, 0.2) is 0 Å². The quantitative estimate of drug-likeness (QED) is 0.882. The fourth-order valence-electron chi connectivity index (χ4n) is 1.96. The molecule has 0 saturated heterocycles. The number of sulfonamides is 1. The summed E-state index contributed by atoms with van der Waals surface area (Å²) in [6, 6.07) is 4.72. The lowest BCUT2D eigenvalue weighted by atomic mass is 10.1. The molecule has 5 nitrogen and oxygen atoms in total.